The molecule has 8 nitrogen and oxygen atoms in total. The fourth-order valence-electron chi connectivity index (χ4n) is 2.36. The third-order valence-electron chi connectivity index (χ3n) is 3.42. The molecule has 9 heteroatoms. The van der Waals surface area contributed by atoms with Gasteiger partial charge in [-0.3, -0.25) is 9.79 Å². The van der Waals surface area contributed by atoms with Crippen molar-refractivity contribution < 1.29 is 19.8 Å². The number of hydrogen-bond acceptors (Lipinski definition) is 5. The van der Waals surface area contributed by atoms with Crippen LogP contribution in [0.5, 0.6) is 0 Å². The summed E-state index contributed by atoms with van der Waals surface area (Å²) in [5.41, 5.74) is 10.4. The lowest BCUT2D eigenvalue weighted by Crippen LogP contribution is -2.44. The Morgan fingerprint density at radius 1 is 1.43 bits per heavy atom. The van der Waals surface area contributed by atoms with Crippen molar-refractivity contribution in [3.8, 4) is 0 Å². The van der Waals surface area contributed by atoms with Crippen LogP contribution in [0.25, 0.3) is 0 Å². The zero-order valence-electron chi connectivity index (χ0n) is 11.7. The number of amides is 1. The van der Waals surface area contributed by atoms with Crippen molar-refractivity contribution in [3.05, 3.63) is 0 Å². The first-order chi connectivity index (χ1) is 9.86. The van der Waals surface area contributed by atoms with Gasteiger partial charge in [-0.1, -0.05) is 0 Å². The summed E-state index contributed by atoms with van der Waals surface area (Å²) in [4.78, 5) is 28.6. The van der Waals surface area contributed by atoms with Gasteiger partial charge in [0.25, 0.3) is 0 Å². The molecule has 0 saturated carbocycles. The van der Waals surface area contributed by atoms with Gasteiger partial charge in [0.15, 0.2) is 5.96 Å². The molecular formula is C12H22N4O4S. The van der Waals surface area contributed by atoms with Gasteiger partial charge in [-0.2, -0.15) is 12.6 Å². The first kappa shape index (κ1) is 17.6. The van der Waals surface area contributed by atoms with Crippen LogP contribution in [0, 0.1) is 5.92 Å². The van der Waals surface area contributed by atoms with E-state index in [1.807, 2.05) is 0 Å². The second-order valence-corrected chi connectivity index (χ2v) is 5.43. The second-order valence-electron chi connectivity index (χ2n) is 5.06. The number of likely N-dealkylation sites (tertiary alicyclic amines) is 1. The van der Waals surface area contributed by atoms with Gasteiger partial charge in [-0.05, 0) is 12.8 Å². The van der Waals surface area contributed by atoms with Gasteiger partial charge in [0.2, 0.25) is 5.91 Å². The molecule has 1 rings (SSSR count). The number of thiol groups is 1. The molecule has 1 saturated heterocycles. The number of β-amino-alcohol motifs (C(OH)–C–C–N with tert-alkyl or cyclic N) is 1. The van der Waals surface area contributed by atoms with E-state index in [0.29, 0.717) is 25.1 Å². The molecule has 1 fully saturated rings. The summed E-state index contributed by atoms with van der Waals surface area (Å²) in [5, 5.41) is 18.7. The van der Waals surface area contributed by atoms with Gasteiger partial charge in [-0.25, -0.2) is 4.79 Å². The van der Waals surface area contributed by atoms with Crippen LogP contribution < -0.4 is 11.5 Å². The second kappa shape index (κ2) is 8.08. The number of nitrogens with zero attached hydrogens (tertiary/aromatic N) is 2. The van der Waals surface area contributed by atoms with Crippen LogP contribution in [0.1, 0.15) is 19.3 Å². The highest BCUT2D eigenvalue weighted by Gasteiger charge is 2.40. The Morgan fingerprint density at radius 3 is 2.62 bits per heavy atom. The van der Waals surface area contributed by atoms with E-state index in [1.54, 1.807) is 0 Å². The minimum atomic E-state index is -1.10. The van der Waals surface area contributed by atoms with Crippen molar-refractivity contribution in [1.82, 2.24) is 4.90 Å². The quantitative estimate of drug-likeness (QED) is 0.170. The predicted molar refractivity (Wildman–Crippen MR) is 81.0 cm³/mol. The number of aliphatic imine (C=N–C) groups is 1. The monoisotopic (exact) mass is 318 g/mol. The molecule has 2 unspecified atom stereocenters. The zero-order valence-corrected chi connectivity index (χ0v) is 12.6. The van der Waals surface area contributed by atoms with E-state index in [0.717, 1.165) is 0 Å². The number of rotatable bonds is 7. The third-order valence-corrected chi connectivity index (χ3v) is 3.86. The fourth-order valence-corrected chi connectivity index (χ4v) is 2.70. The van der Waals surface area contributed by atoms with E-state index in [1.165, 1.54) is 4.90 Å². The van der Waals surface area contributed by atoms with E-state index < -0.39 is 24.0 Å². The summed E-state index contributed by atoms with van der Waals surface area (Å²) in [6.45, 7) is 0.457. The Hall–Kier alpha value is -1.48. The SMILES string of the molecule is NC(N)=NCCCC(CS)C(=O)N1CC(O)C[C@H]1C(=O)O. The molecule has 1 aliphatic rings. The molecule has 3 atom stereocenters. The van der Waals surface area contributed by atoms with E-state index in [-0.39, 0.29) is 24.8 Å². The maximum atomic E-state index is 12.4. The molecular weight excluding hydrogens is 296 g/mol. The molecule has 0 aromatic carbocycles. The molecule has 0 aromatic rings. The molecule has 21 heavy (non-hydrogen) atoms. The maximum absolute atomic E-state index is 12.4. The molecule has 1 heterocycles. The molecule has 6 N–H and O–H groups in total. The Kier molecular flexibility index (Phi) is 6.76. The number of carboxylic acid groups (broad SMARTS) is 1. The number of aliphatic hydroxyl groups excluding tert-OH is 1. The summed E-state index contributed by atoms with van der Waals surface area (Å²) >= 11 is 4.15. The van der Waals surface area contributed by atoms with Crippen LogP contribution in [-0.2, 0) is 9.59 Å². The molecule has 0 spiro atoms. The van der Waals surface area contributed by atoms with Gasteiger partial charge < -0.3 is 26.6 Å². The Balaban J connectivity index is 2.61. The lowest BCUT2D eigenvalue weighted by Gasteiger charge is -2.25. The Labute approximate surface area is 128 Å². The first-order valence-corrected chi connectivity index (χ1v) is 7.37. The van der Waals surface area contributed by atoms with Gasteiger partial charge in [-0.15, -0.1) is 0 Å². The van der Waals surface area contributed by atoms with Crippen LogP contribution in [0.4, 0.5) is 0 Å². The average molecular weight is 318 g/mol. The lowest BCUT2D eigenvalue weighted by atomic mass is 10.0. The van der Waals surface area contributed by atoms with Crippen molar-refractivity contribution >= 4 is 30.5 Å². The molecule has 0 aliphatic carbocycles. The lowest BCUT2D eigenvalue weighted by molar-refractivity contribution is -0.149. The van der Waals surface area contributed by atoms with Gasteiger partial charge in [0.1, 0.15) is 6.04 Å². The Bertz CT molecular complexity index is 414. The first-order valence-electron chi connectivity index (χ1n) is 6.74. The normalized spacial score (nSPS) is 22.9. The largest absolute Gasteiger partial charge is 0.480 e. The van der Waals surface area contributed by atoms with E-state index in [4.69, 9.17) is 16.6 Å². The van der Waals surface area contributed by atoms with E-state index >= 15 is 0 Å². The highest BCUT2D eigenvalue weighted by Crippen LogP contribution is 2.23. The van der Waals surface area contributed by atoms with E-state index in [2.05, 4.69) is 17.6 Å². The maximum Gasteiger partial charge on any atom is 0.326 e. The number of aliphatic hydroxyl groups is 1. The minimum absolute atomic E-state index is 0.00245. The molecule has 0 bridgehead atoms. The van der Waals surface area contributed by atoms with Crippen LogP contribution in [0.3, 0.4) is 0 Å². The minimum Gasteiger partial charge on any atom is -0.480 e. The summed E-state index contributed by atoms with van der Waals surface area (Å²) in [5.74, 6) is -1.50. The van der Waals surface area contributed by atoms with Crippen LogP contribution in [-0.4, -0.2) is 63.9 Å². The number of carbonyl (C=O) groups excluding carboxylic acids is 1. The number of guanidine groups is 1. The van der Waals surface area contributed by atoms with Crippen LogP contribution in [0.2, 0.25) is 0 Å². The Morgan fingerprint density at radius 2 is 2.10 bits per heavy atom. The molecule has 0 aromatic heterocycles. The molecule has 120 valence electrons. The van der Waals surface area contributed by atoms with Gasteiger partial charge >= 0.3 is 5.97 Å². The number of carbonyl (C=O) groups is 2. The highest BCUT2D eigenvalue weighted by atomic mass is 32.1. The van der Waals surface area contributed by atoms with Crippen molar-refractivity contribution in [2.75, 3.05) is 18.8 Å². The average Bonchev–Trinajstić information content (AvgIpc) is 2.80. The van der Waals surface area contributed by atoms with Gasteiger partial charge in [0.05, 0.1) is 6.10 Å². The molecule has 0 radical (unpaired) electrons. The van der Waals surface area contributed by atoms with Gasteiger partial charge in [0, 0.05) is 31.2 Å². The fraction of sp³-hybridized carbons (Fsp3) is 0.750. The smallest absolute Gasteiger partial charge is 0.326 e. The van der Waals surface area contributed by atoms with E-state index in [9.17, 15) is 14.7 Å². The molecule has 1 amide bonds. The summed E-state index contributed by atoms with van der Waals surface area (Å²) in [7, 11) is 0. The zero-order chi connectivity index (χ0) is 16.0. The molecule has 1 aliphatic heterocycles. The number of carboxylic acids is 1. The summed E-state index contributed by atoms with van der Waals surface area (Å²) in [6, 6.07) is -0.965. The number of aliphatic carboxylic acids is 1. The third kappa shape index (κ3) is 5.09. The topological polar surface area (TPSA) is 142 Å². The summed E-state index contributed by atoms with van der Waals surface area (Å²) < 4.78 is 0. The van der Waals surface area contributed by atoms with Crippen molar-refractivity contribution in [2.24, 2.45) is 22.4 Å². The standard InChI is InChI=1S/C12H22N4O4S/c13-12(14)15-3-1-2-7(6-21)10(18)16-5-8(17)4-9(16)11(19)20/h7-9,17,21H,1-6H2,(H,19,20)(H4,13,14,15)/t7?,8?,9-/m0/s1. The van der Waals surface area contributed by atoms with Crippen molar-refractivity contribution in [1.29, 1.82) is 0 Å². The highest BCUT2D eigenvalue weighted by molar-refractivity contribution is 7.80. The van der Waals surface area contributed by atoms with Crippen molar-refractivity contribution in [2.45, 2.75) is 31.4 Å². The number of nitrogens with two attached hydrogens (primary N) is 2. The van der Waals surface area contributed by atoms with Crippen molar-refractivity contribution in [3.63, 3.8) is 0 Å². The summed E-state index contributed by atoms with van der Waals surface area (Å²) in [6.07, 6.45) is 0.382. The van der Waals surface area contributed by atoms with Crippen LogP contribution >= 0.6 is 12.6 Å². The number of hydrogen-bond donors (Lipinski definition) is 5. The predicted octanol–water partition coefficient (Wildman–Crippen LogP) is -1.37. The van der Waals surface area contributed by atoms with Crippen LogP contribution in [0.15, 0.2) is 4.99 Å².